The fourth-order valence-electron chi connectivity index (χ4n) is 1.89. The van der Waals surface area contributed by atoms with Crippen molar-refractivity contribution in [2.45, 2.75) is 19.9 Å². The number of carbonyl (C=O) groups is 1. The average Bonchev–Trinajstić information content (AvgIpc) is 2.27. The summed E-state index contributed by atoms with van der Waals surface area (Å²) < 4.78 is 0.970. The molecule has 0 fully saturated rings. The second-order valence-electron chi connectivity index (χ2n) is 4.89. The molecule has 0 unspecified atom stereocenters. The summed E-state index contributed by atoms with van der Waals surface area (Å²) in [5, 5.41) is 0. The summed E-state index contributed by atoms with van der Waals surface area (Å²) in [5.41, 5.74) is 7.69. The van der Waals surface area contributed by atoms with Crippen LogP contribution in [0.3, 0.4) is 0 Å². The van der Waals surface area contributed by atoms with Crippen LogP contribution in [0.1, 0.15) is 18.9 Å². The molecule has 2 N–H and O–H groups in total. The second kappa shape index (κ2) is 7.50. The number of amides is 1. The van der Waals surface area contributed by atoms with Crippen molar-refractivity contribution in [3.63, 3.8) is 0 Å². The minimum absolute atomic E-state index is 0.122. The van der Waals surface area contributed by atoms with Crippen LogP contribution in [0.4, 0.5) is 5.69 Å². The molecule has 4 nitrogen and oxygen atoms in total. The van der Waals surface area contributed by atoms with E-state index >= 15 is 0 Å². The van der Waals surface area contributed by atoms with E-state index in [1.54, 1.807) is 19.0 Å². The van der Waals surface area contributed by atoms with Gasteiger partial charge in [0.1, 0.15) is 0 Å². The number of halogens is 1. The zero-order valence-corrected chi connectivity index (χ0v) is 13.4. The smallest absolute Gasteiger partial charge is 0.236 e. The number of carbonyl (C=O) groups excluding carboxylic acids is 1. The normalized spacial score (nSPS) is 10.8. The highest BCUT2D eigenvalue weighted by Gasteiger charge is 2.12. The van der Waals surface area contributed by atoms with Crippen LogP contribution in [-0.2, 0) is 11.3 Å². The molecular weight excluding hydrogens is 306 g/mol. The third kappa shape index (κ3) is 5.61. The number of nitrogen functional groups attached to an aromatic ring is 1. The Labute approximate surface area is 123 Å². The quantitative estimate of drug-likeness (QED) is 0.816. The monoisotopic (exact) mass is 327 g/mol. The van der Waals surface area contributed by atoms with E-state index < -0.39 is 0 Å². The molecule has 0 heterocycles. The van der Waals surface area contributed by atoms with Crippen molar-refractivity contribution in [3.05, 3.63) is 28.2 Å². The number of benzene rings is 1. The lowest BCUT2D eigenvalue weighted by molar-refractivity contribution is -0.130. The van der Waals surface area contributed by atoms with Gasteiger partial charge in [-0.2, -0.15) is 0 Å². The Morgan fingerprint density at radius 1 is 1.32 bits per heavy atom. The Balaban J connectivity index is 2.74. The first-order valence-electron chi connectivity index (χ1n) is 6.39. The summed E-state index contributed by atoms with van der Waals surface area (Å²) in [6.07, 6.45) is 1.02. The number of nitrogens with two attached hydrogens (primary N) is 1. The maximum absolute atomic E-state index is 11.8. The van der Waals surface area contributed by atoms with Crippen molar-refractivity contribution in [1.82, 2.24) is 9.80 Å². The summed E-state index contributed by atoms with van der Waals surface area (Å²) in [5.74, 6) is 0.122. The molecule has 5 heteroatoms. The first-order valence-corrected chi connectivity index (χ1v) is 7.19. The van der Waals surface area contributed by atoms with Gasteiger partial charge in [0, 0.05) is 30.8 Å². The Morgan fingerprint density at radius 3 is 2.53 bits per heavy atom. The van der Waals surface area contributed by atoms with Crippen LogP contribution in [0.15, 0.2) is 22.7 Å². The third-order valence-corrected chi connectivity index (χ3v) is 3.24. The van der Waals surface area contributed by atoms with Gasteiger partial charge < -0.3 is 10.6 Å². The number of rotatable bonds is 6. The van der Waals surface area contributed by atoms with E-state index in [1.165, 1.54) is 0 Å². The van der Waals surface area contributed by atoms with E-state index in [1.807, 2.05) is 18.2 Å². The molecule has 0 aromatic heterocycles. The molecule has 1 aromatic rings. The first-order chi connectivity index (χ1) is 8.92. The van der Waals surface area contributed by atoms with Crippen LogP contribution < -0.4 is 5.73 Å². The summed E-state index contributed by atoms with van der Waals surface area (Å²) in [6.45, 7) is 4.18. The summed E-state index contributed by atoms with van der Waals surface area (Å²) >= 11 is 3.44. The summed E-state index contributed by atoms with van der Waals surface area (Å²) in [4.78, 5) is 15.6. The van der Waals surface area contributed by atoms with Gasteiger partial charge in [-0.15, -0.1) is 0 Å². The molecule has 1 rings (SSSR count). The highest BCUT2D eigenvalue weighted by Crippen LogP contribution is 2.18. The van der Waals surface area contributed by atoms with E-state index in [0.29, 0.717) is 6.54 Å². The Bertz CT molecular complexity index is 414. The standard InChI is InChI=1S/C14H22BrN3O/c1-4-5-18(10-14(19)17(2)3)9-11-6-12(15)8-13(16)7-11/h6-8H,4-5,9-10,16H2,1-3H3. The molecule has 1 amide bonds. The molecule has 0 radical (unpaired) electrons. The number of hydrogen-bond donors (Lipinski definition) is 1. The van der Waals surface area contributed by atoms with Crippen molar-refractivity contribution in [2.75, 3.05) is 32.9 Å². The molecule has 0 atom stereocenters. The minimum atomic E-state index is 0.122. The van der Waals surface area contributed by atoms with Crippen molar-refractivity contribution in [2.24, 2.45) is 0 Å². The molecule has 0 aliphatic carbocycles. The largest absolute Gasteiger partial charge is 0.399 e. The van der Waals surface area contributed by atoms with Gasteiger partial charge in [-0.1, -0.05) is 22.9 Å². The SMILES string of the molecule is CCCN(CC(=O)N(C)C)Cc1cc(N)cc(Br)c1. The topological polar surface area (TPSA) is 49.6 Å². The summed E-state index contributed by atoms with van der Waals surface area (Å²) in [7, 11) is 3.56. The van der Waals surface area contributed by atoms with Gasteiger partial charge in [0.15, 0.2) is 0 Å². The zero-order valence-electron chi connectivity index (χ0n) is 11.8. The molecular formula is C14H22BrN3O. The highest BCUT2D eigenvalue weighted by atomic mass is 79.9. The van der Waals surface area contributed by atoms with Gasteiger partial charge in [-0.3, -0.25) is 9.69 Å². The van der Waals surface area contributed by atoms with Crippen LogP contribution in [0.25, 0.3) is 0 Å². The fraction of sp³-hybridized carbons (Fsp3) is 0.500. The predicted octanol–water partition coefficient (Wildman–Crippen LogP) is 2.33. The lowest BCUT2D eigenvalue weighted by atomic mass is 10.2. The van der Waals surface area contributed by atoms with E-state index in [-0.39, 0.29) is 5.91 Å². The lowest BCUT2D eigenvalue weighted by Gasteiger charge is -2.23. The predicted molar refractivity (Wildman–Crippen MR) is 82.8 cm³/mol. The molecule has 106 valence electrons. The van der Waals surface area contributed by atoms with Crippen LogP contribution in [0.5, 0.6) is 0 Å². The minimum Gasteiger partial charge on any atom is -0.399 e. The molecule has 0 aliphatic heterocycles. The van der Waals surface area contributed by atoms with Gasteiger partial charge in [-0.25, -0.2) is 0 Å². The fourth-order valence-corrected chi connectivity index (χ4v) is 2.45. The van der Waals surface area contributed by atoms with Gasteiger partial charge in [0.2, 0.25) is 5.91 Å². The van der Waals surface area contributed by atoms with Crippen molar-refractivity contribution in [3.8, 4) is 0 Å². The Morgan fingerprint density at radius 2 is 2.00 bits per heavy atom. The maximum atomic E-state index is 11.8. The highest BCUT2D eigenvalue weighted by molar-refractivity contribution is 9.10. The van der Waals surface area contributed by atoms with Gasteiger partial charge in [0.05, 0.1) is 6.54 Å². The molecule has 0 saturated heterocycles. The molecule has 0 aliphatic rings. The van der Waals surface area contributed by atoms with E-state index in [2.05, 4.69) is 27.8 Å². The van der Waals surface area contributed by atoms with Crippen LogP contribution in [0.2, 0.25) is 0 Å². The molecule has 0 bridgehead atoms. The zero-order chi connectivity index (χ0) is 14.4. The number of nitrogens with zero attached hydrogens (tertiary/aromatic N) is 2. The third-order valence-electron chi connectivity index (χ3n) is 2.78. The van der Waals surface area contributed by atoms with Gasteiger partial charge >= 0.3 is 0 Å². The van der Waals surface area contributed by atoms with Crippen molar-refractivity contribution < 1.29 is 4.79 Å². The lowest BCUT2D eigenvalue weighted by Crippen LogP contribution is -2.36. The van der Waals surface area contributed by atoms with Crippen molar-refractivity contribution in [1.29, 1.82) is 0 Å². The molecule has 1 aromatic carbocycles. The Hall–Kier alpha value is -1.07. The van der Waals surface area contributed by atoms with Crippen LogP contribution >= 0.6 is 15.9 Å². The van der Waals surface area contributed by atoms with E-state index in [9.17, 15) is 4.79 Å². The number of anilines is 1. The van der Waals surface area contributed by atoms with Gasteiger partial charge in [-0.05, 0) is 36.7 Å². The second-order valence-corrected chi connectivity index (χ2v) is 5.81. The Kier molecular flexibility index (Phi) is 6.31. The maximum Gasteiger partial charge on any atom is 0.236 e. The average molecular weight is 328 g/mol. The van der Waals surface area contributed by atoms with Gasteiger partial charge in [0.25, 0.3) is 0 Å². The number of hydrogen-bond acceptors (Lipinski definition) is 3. The van der Waals surface area contributed by atoms with Crippen LogP contribution in [-0.4, -0.2) is 42.9 Å². The first kappa shape index (κ1) is 16.0. The molecule has 0 saturated carbocycles. The summed E-state index contributed by atoms with van der Waals surface area (Å²) in [6, 6.07) is 5.87. The molecule has 19 heavy (non-hydrogen) atoms. The van der Waals surface area contributed by atoms with Crippen LogP contribution in [0, 0.1) is 0 Å². The van der Waals surface area contributed by atoms with E-state index in [4.69, 9.17) is 5.73 Å². The van der Waals surface area contributed by atoms with E-state index in [0.717, 1.165) is 35.2 Å². The molecule has 0 spiro atoms. The van der Waals surface area contributed by atoms with Crippen molar-refractivity contribution >= 4 is 27.5 Å². The number of likely N-dealkylation sites (N-methyl/N-ethyl adjacent to an activating group) is 1.